The lowest BCUT2D eigenvalue weighted by Gasteiger charge is -2.35. The summed E-state index contributed by atoms with van der Waals surface area (Å²) in [7, 11) is 0. The highest BCUT2D eigenvalue weighted by Gasteiger charge is 2.31. The van der Waals surface area contributed by atoms with Crippen LogP contribution in [0, 0.1) is 0 Å². The first-order valence-corrected chi connectivity index (χ1v) is 8.00. The third kappa shape index (κ3) is 3.02. The van der Waals surface area contributed by atoms with Crippen molar-refractivity contribution in [3.05, 3.63) is 35.9 Å². The van der Waals surface area contributed by atoms with Crippen LogP contribution < -0.4 is 0 Å². The van der Waals surface area contributed by atoms with Gasteiger partial charge in [0.05, 0.1) is 11.6 Å². The molecule has 1 atom stereocenters. The molecule has 1 aliphatic rings. The van der Waals surface area contributed by atoms with E-state index in [1.807, 2.05) is 23.1 Å². The van der Waals surface area contributed by atoms with E-state index in [9.17, 15) is 0 Å². The second kappa shape index (κ2) is 6.12. The topological polar surface area (TPSA) is 59.7 Å². The van der Waals surface area contributed by atoms with Crippen LogP contribution in [0.5, 0.6) is 0 Å². The summed E-state index contributed by atoms with van der Waals surface area (Å²) in [5.74, 6) is 0.905. The van der Waals surface area contributed by atoms with Crippen LogP contribution in [0.1, 0.15) is 57.5 Å². The summed E-state index contributed by atoms with van der Waals surface area (Å²) in [5, 5.41) is 12.5. The smallest absolute Gasteiger partial charge is 0.173 e. The van der Waals surface area contributed by atoms with Gasteiger partial charge < -0.3 is 0 Å². The van der Waals surface area contributed by atoms with Crippen molar-refractivity contribution in [3.63, 3.8) is 0 Å². The van der Waals surface area contributed by atoms with Crippen molar-refractivity contribution in [3.8, 4) is 0 Å². The van der Waals surface area contributed by atoms with Crippen LogP contribution in [-0.2, 0) is 5.54 Å². The first kappa shape index (κ1) is 15.1. The first-order valence-electron chi connectivity index (χ1n) is 8.00. The van der Waals surface area contributed by atoms with Crippen LogP contribution in [0.3, 0.4) is 0 Å². The standard InChI is InChI=1S/C16H24N6/c1-16(2,3)22-15(18-19-20-22)14(13-8-7-9-17-12-13)21-10-5-4-6-11-21/h7-9,12,14H,4-6,10-11H2,1-3H3. The summed E-state index contributed by atoms with van der Waals surface area (Å²) in [4.78, 5) is 6.78. The van der Waals surface area contributed by atoms with Gasteiger partial charge in [0.1, 0.15) is 0 Å². The zero-order valence-corrected chi connectivity index (χ0v) is 13.6. The van der Waals surface area contributed by atoms with Crippen molar-refractivity contribution >= 4 is 0 Å². The SMILES string of the molecule is CC(C)(C)n1nnnc1C(c1cccnc1)N1CCCCC1. The van der Waals surface area contributed by atoms with Crippen molar-refractivity contribution < 1.29 is 0 Å². The largest absolute Gasteiger partial charge is 0.290 e. The van der Waals surface area contributed by atoms with Gasteiger partial charge in [-0.2, -0.15) is 0 Å². The summed E-state index contributed by atoms with van der Waals surface area (Å²) in [5.41, 5.74) is 1.01. The second-order valence-electron chi connectivity index (χ2n) is 6.91. The minimum absolute atomic E-state index is 0.0724. The van der Waals surface area contributed by atoms with Gasteiger partial charge in [-0.05, 0) is 68.8 Å². The molecule has 1 unspecified atom stereocenters. The highest BCUT2D eigenvalue weighted by molar-refractivity contribution is 5.22. The van der Waals surface area contributed by atoms with Crippen LogP contribution in [0.2, 0.25) is 0 Å². The Morgan fingerprint density at radius 2 is 1.91 bits per heavy atom. The summed E-state index contributed by atoms with van der Waals surface area (Å²) in [6, 6.07) is 4.18. The molecular formula is C16H24N6. The molecule has 118 valence electrons. The minimum Gasteiger partial charge on any atom is -0.290 e. The van der Waals surface area contributed by atoms with E-state index in [0.29, 0.717) is 0 Å². The normalized spacial score (nSPS) is 18.3. The lowest BCUT2D eigenvalue weighted by molar-refractivity contribution is 0.170. The van der Waals surface area contributed by atoms with Gasteiger partial charge in [-0.3, -0.25) is 9.88 Å². The Labute approximate surface area is 131 Å². The molecule has 1 fully saturated rings. The quantitative estimate of drug-likeness (QED) is 0.871. The minimum atomic E-state index is -0.144. The summed E-state index contributed by atoms with van der Waals surface area (Å²) >= 11 is 0. The summed E-state index contributed by atoms with van der Waals surface area (Å²) in [6.45, 7) is 8.54. The number of piperidine rings is 1. The molecule has 2 aromatic heterocycles. The van der Waals surface area contributed by atoms with E-state index >= 15 is 0 Å². The van der Waals surface area contributed by atoms with Gasteiger partial charge in [0.25, 0.3) is 0 Å². The van der Waals surface area contributed by atoms with Crippen molar-refractivity contribution in [1.29, 1.82) is 0 Å². The average Bonchev–Trinajstić information content (AvgIpc) is 2.99. The van der Waals surface area contributed by atoms with E-state index in [0.717, 1.165) is 24.5 Å². The van der Waals surface area contributed by atoms with Gasteiger partial charge >= 0.3 is 0 Å². The Hall–Kier alpha value is -1.82. The number of tetrazole rings is 1. The van der Waals surface area contributed by atoms with Crippen molar-refractivity contribution in [2.75, 3.05) is 13.1 Å². The van der Waals surface area contributed by atoms with Crippen LogP contribution in [-0.4, -0.2) is 43.2 Å². The Morgan fingerprint density at radius 1 is 1.14 bits per heavy atom. The Bertz CT molecular complexity index is 595. The molecule has 1 aliphatic heterocycles. The molecule has 0 aliphatic carbocycles. The number of aromatic nitrogens is 5. The maximum Gasteiger partial charge on any atom is 0.173 e. The van der Waals surface area contributed by atoms with Crippen LogP contribution >= 0.6 is 0 Å². The molecule has 0 bridgehead atoms. The van der Waals surface area contributed by atoms with Crippen molar-refractivity contribution in [1.82, 2.24) is 30.1 Å². The number of hydrogen-bond acceptors (Lipinski definition) is 5. The molecule has 0 saturated carbocycles. The van der Waals surface area contributed by atoms with E-state index in [1.54, 1.807) is 0 Å². The monoisotopic (exact) mass is 300 g/mol. The molecule has 6 nitrogen and oxygen atoms in total. The zero-order chi connectivity index (χ0) is 15.6. The Morgan fingerprint density at radius 3 is 2.55 bits per heavy atom. The molecular weight excluding hydrogens is 276 g/mol. The third-order valence-electron chi connectivity index (χ3n) is 4.13. The molecule has 0 spiro atoms. The van der Waals surface area contributed by atoms with Gasteiger partial charge in [-0.1, -0.05) is 12.5 Å². The number of rotatable bonds is 3. The third-order valence-corrected chi connectivity index (χ3v) is 4.13. The average molecular weight is 300 g/mol. The number of hydrogen-bond donors (Lipinski definition) is 0. The van der Waals surface area contributed by atoms with E-state index in [-0.39, 0.29) is 11.6 Å². The molecule has 0 N–H and O–H groups in total. The summed E-state index contributed by atoms with van der Waals surface area (Å²) in [6.07, 6.45) is 7.51. The lowest BCUT2D eigenvalue weighted by atomic mass is 10.0. The Balaban J connectivity index is 2.04. The molecule has 2 aromatic rings. The molecule has 0 amide bonds. The maximum atomic E-state index is 4.37. The van der Waals surface area contributed by atoms with E-state index in [2.05, 4.69) is 52.2 Å². The van der Waals surface area contributed by atoms with Gasteiger partial charge in [0.15, 0.2) is 5.82 Å². The predicted octanol–water partition coefficient (Wildman–Crippen LogP) is 2.40. The fraction of sp³-hybridized carbons (Fsp3) is 0.625. The van der Waals surface area contributed by atoms with Gasteiger partial charge in [0.2, 0.25) is 0 Å². The Kier molecular flexibility index (Phi) is 4.20. The molecule has 0 aromatic carbocycles. The second-order valence-corrected chi connectivity index (χ2v) is 6.91. The molecule has 22 heavy (non-hydrogen) atoms. The fourth-order valence-corrected chi connectivity index (χ4v) is 3.08. The van der Waals surface area contributed by atoms with Gasteiger partial charge in [-0.25, -0.2) is 4.68 Å². The van der Waals surface area contributed by atoms with Gasteiger partial charge in [-0.15, -0.1) is 5.10 Å². The predicted molar refractivity (Wildman–Crippen MR) is 84.3 cm³/mol. The highest BCUT2D eigenvalue weighted by atomic mass is 15.6. The number of nitrogens with zero attached hydrogens (tertiary/aromatic N) is 6. The fourth-order valence-electron chi connectivity index (χ4n) is 3.08. The van der Waals surface area contributed by atoms with Crippen molar-refractivity contribution in [2.24, 2.45) is 0 Å². The van der Waals surface area contributed by atoms with Crippen LogP contribution in [0.25, 0.3) is 0 Å². The molecule has 1 saturated heterocycles. The number of likely N-dealkylation sites (tertiary alicyclic amines) is 1. The maximum absolute atomic E-state index is 4.37. The molecule has 0 radical (unpaired) electrons. The lowest BCUT2D eigenvalue weighted by Crippen LogP contribution is -2.38. The molecule has 3 heterocycles. The summed E-state index contributed by atoms with van der Waals surface area (Å²) < 4.78 is 1.94. The molecule has 3 rings (SSSR count). The highest BCUT2D eigenvalue weighted by Crippen LogP contribution is 2.31. The van der Waals surface area contributed by atoms with Gasteiger partial charge in [0, 0.05) is 12.4 Å². The van der Waals surface area contributed by atoms with E-state index in [1.165, 1.54) is 19.3 Å². The number of pyridine rings is 1. The first-order chi connectivity index (χ1) is 10.6. The molecule has 6 heteroatoms. The van der Waals surface area contributed by atoms with Crippen molar-refractivity contribution in [2.45, 2.75) is 51.6 Å². The van der Waals surface area contributed by atoms with E-state index in [4.69, 9.17) is 0 Å². The van der Waals surface area contributed by atoms with Crippen LogP contribution in [0.15, 0.2) is 24.5 Å². The zero-order valence-electron chi connectivity index (χ0n) is 13.6. The van der Waals surface area contributed by atoms with E-state index < -0.39 is 0 Å². The van der Waals surface area contributed by atoms with Crippen LogP contribution in [0.4, 0.5) is 0 Å².